The average molecular weight is 291 g/mol. The molecule has 0 atom stereocenters. The molecule has 0 saturated carbocycles. The first-order valence-corrected chi connectivity index (χ1v) is 6.82. The van der Waals surface area contributed by atoms with Crippen LogP contribution >= 0.6 is 0 Å². The van der Waals surface area contributed by atoms with Crippen LogP contribution in [0.15, 0.2) is 30.5 Å². The second kappa shape index (κ2) is 7.49. The van der Waals surface area contributed by atoms with Crippen LogP contribution in [0.4, 0.5) is 10.1 Å². The standard InChI is InChI=1S/C14H18FN5O/c15-12-6-1-2-7-13(12)17-14(21)10-20-9-11(18-19-20)5-3-4-8-16/h1-2,6-7,9H,3-5,8,10,16H2,(H,17,21). The Balaban J connectivity index is 1.87. The number of unbranched alkanes of at least 4 members (excludes halogenated alkanes) is 1. The molecule has 0 unspecified atom stereocenters. The summed E-state index contributed by atoms with van der Waals surface area (Å²) >= 11 is 0. The molecule has 1 aromatic heterocycles. The van der Waals surface area contributed by atoms with Crippen molar-refractivity contribution in [2.24, 2.45) is 5.73 Å². The van der Waals surface area contributed by atoms with Gasteiger partial charge < -0.3 is 11.1 Å². The lowest BCUT2D eigenvalue weighted by Gasteiger charge is -2.05. The zero-order valence-electron chi connectivity index (χ0n) is 11.6. The van der Waals surface area contributed by atoms with Gasteiger partial charge in [-0.1, -0.05) is 17.3 Å². The third-order valence-electron chi connectivity index (χ3n) is 2.93. The van der Waals surface area contributed by atoms with Gasteiger partial charge in [0, 0.05) is 6.20 Å². The minimum absolute atomic E-state index is 0.00176. The molecule has 0 aliphatic heterocycles. The summed E-state index contributed by atoms with van der Waals surface area (Å²) in [6, 6.07) is 6.02. The van der Waals surface area contributed by atoms with E-state index in [9.17, 15) is 9.18 Å². The molecule has 112 valence electrons. The predicted octanol–water partition coefficient (Wildman–Crippen LogP) is 1.34. The summed E-state index contributed by atoms with van der Waals surface area (Å²) in [5, 5.41) is 10.4. The van der Waals surface area contributed by atoms with Crippen LogP contribution in [-0.2, 0) is 17.8 Å². The number of hydrogen-bond donors (Lipinski definition) is 2. The predicted molar refractivity (Wildman–Crippen MR) is 77.0 cm³/mol. The van der Waals surface area contributed by atoms with Crippen molar-refractivity contribution in [1.82, 2.24) is 15.0 Å². The number of halogens is 1. The number of nitrogens with one attached hydrogen (secondary N) is 1. The molecule has 0 radical (unpaired) electrons. The molecule has 1 aromatic carbocycles. The maximum atomic E-state index is 13.4. The van der Waals surface area contributed by atoms with Gasteiger partial charge in [0.15, 0.2) is 0 Å². The van der Waals surface area contributed by atoms with Gasteiger partial charge in [0.1, 0.15) is 12.4 Å². The van der Waals surface area contributed by atoms with Crippen molar-refractivity contribution in [2.45, 2.75) is 25.8 Å². The van der Waals surface area contributed by atoms with Crippen LogP contribution in [-0.4, -0.2) is 27.4 Å². The molecule has 1 heterocycles. The second-order valence-electron chi connectivity index (χ2n) is 4.68. The number of amides is 1. The highest BCUT2D eigenvalue weighted by Gasteiger charge is 2.08. The largest absolute Gasteiger partial charge is 0.330 e. The highest BCUT2D eigenvalue weighted by atomic mass is 19.1. The average Bonchev–Trinajstić information content (AvgIpc) is 2.89. The summed E-state index contributed by atoms with van der Waals surface area (Å²) in [5.41, 5.74) is 6.40. The van der Waals surface area contributed by atoms with E-state index < -0.39 is 5.82 Å². The zero-order valence-corrected chi connectivity index (χ0v) is 11.6. The Morgan fingerprint density at radius 3 is 2.90 bits per heavy atom. The van der Waals surface area contributed by atoms with E-state index >= 15 is 0 Å². The van der Waals surface area contributed by atoms with Gasteiger partial charge in [-0.15, -0.1) is 5.10 Å². The topological polar surface area (TPSA) is 85.8 Å². The van der Waals surface area contributed by atoms with Crippen LogP contribution in [0.25, 0.3) is 0 Å². The maximum absolute atomic E-state index is 13.4. The molecule has 6 nitrogen and oxygen atoms in total. The van der Waals surface area contributed by atoms with E-state index in [2.05, 4.69) is 15.6 Å². The quantitative estimate of drug-likeness (QED) is 0.754. The molecule has 0 aliphatic carbocycles. The summed E-state index contributed by atoms with van der Waals surface area (Å²) in [5.74, 6) is -0.814. The number of aromatic nitrogens is 3. The number of rotatable bonds is 7. The number of anilines is 1. The van der Waals surface area contributed by atoms with Crippen molar-refractivity contribution < 1.29 is 9.18 Å². The highest BCUT2D eigenvalue weighted by molar-refractivity contribution is 5.90. The molecule has 2 aromatic rings. The Hall–Kier alpha value is -2.28. The lowest BCUT2D eigenvalue weighted by atomic mass is 10.2. The van der Waals surface area contributed by atoms with Crippen LogP contribution in [0.5, 0.6) is 0 Å². The molecule has 1 amide bonds. The minimum Gasteiger partial charge on any atom is -0.330 e. The molecule has 7 heteroatoms. The Morgan fingerprint density at radius 1 is 1.33 bits per heavy atom. The molecule has 0 bridgehead atoms. The SMILES string of the molecule is NCCCCc1cn(CC(=O)Nc2ccccc2F)nn1. The normalized spacial score (nSPS) is 10.6. The number of carbonyl (C=O) groups is 1. The van der Waals surface area contributed by atoms with E-state index in [1.165, 1.54) is 16.8 Å². The molecule has 0 aliphatic rings. The monoisotopic (exact) mass is 291 g/mol. The Bertz CT molecular complexity index is 599. The van der Waals surface area contributed by atoms with Gasteiger partial charge in [0.25, 0.3) is 0 Å². The van der Waals surface area contributed by atoms with Crippen LogP contribution in [0.3, 0.4) is 0 Å². The molecular formula is C14H18FN5O. The third kappa shape index (κ3) is 4.64. The molecule has 2 rings (SSSR count). The molecule has 3 N–H and O–H groups in total. The van der Waals surface area contributed by atoms with Gasteiger partial charge >= 0.3 is 0 Å². The van der Waals surface area contributed by atoms with Gasteiger partial charge in [-0.05, 0) is 37.9 Å². The van der Waals surface area contributed by atoms with Crippen molar-refractivity contribution in [2.75, 3.05) is 11.9 Å². The molecule has 0 spiro atoms. The van der Waals surface area contributed by atoms with E-state index in [4.69, 9.17) is 5.73 Å². The first-order chi connectivity index (χ1) is 10.2. The van der Waals surface area contributed by atoms with Crippen molar-refractivity contribution >= 4 is 11.6 Å². The van der Waals surface area contributed by atoms with Crippen LogP contribution in [0.2, 0.25) is 0 Å². The van der Waals surface area contributed by atoms with E-state index in [1.54, 1.807) is 18.3 Å². The van der Waals surface area contributed by atoms with Crippen molar-refractivity contribution in [3.05, 3.63) is 42.0 Å². The van der Waals surface area contributed by atoms with E-state index in [0.717, 1.165) is 25.0 Å². The van der Waals surface area contributed by atoms with Gasteiger partial charge in [-0.25, -0.2) is 9.07 Å². The first-order valence-electron chi connectivity index (χ1n) is 6.82. The highest BCUT2D eigenvalue weighted by Crippen LogP contribution is 2.12. The number of carbonyl (C=O) groups excluding carboxylic acids is 1. The summed E-state index contributed by atoms with van der Waals surface area (Å²) in [6.45, 7) is 0.650. The summed E-state index contributed by atoms with van der Waals surface area (Å²) in [6.07, 6.45) is 4.38. The molecular weight excluding hydrogens is 273 g/mol. The van der Waals surface area contributed by atoms with Gasteiger partial charge in [-0.2, -0.15) is 0 Å². The van der Waals surface area contributed by atoms with Crippen molar-refractivity contribution in [3.63, 3.8) is 0 Å². The fraction of sp³-hybridized carbons (Fsp3) is 0.357. The van der Waals surface area contributed by atoms with Crippen LogP contribution < -0.4 is 11.1 Å². The molecule has 21 heavy (non-hydrogen) atoms. The van der Waals surface area contributed by atoms with E-state index in [1.807, 2.05) is 0 Å². The fourth-order valence-electron chi connectivity index (χ4n) is 1.88. The zero-order chi connectivity index (χ0) is 15.1. The summed E-state index contributed by atoms with van der Waals surface area (Å²) in [7, 11) is 0. The number of nitrogens with zero attached hydrogens (tertiary/aromatic N) is 3. The Morgan fingerprint density at radius 2 is 2.14 bits per heavy atom. The van der Waals surface area contributed by atoms with Crippen molar-refractivity contribution in [1.29, 1.82) is 0 Å². The number of benzene rings is 1. The number of aryl methyl sites for hydroxylation is 1. The minimum atomic E-state index is -0.466. The Kier molecular flexibility index (Phi) is 5.39. The number of hydrogen-bond acceptors (Lipinski definition) is 4. The molecule has 0 saturated heterocycles. The fourth-order valence-corrected chi connectivity index (χ4v) is 1.88. The van der Waals surface area contributed by atoms with E-state index in [0.29, 0.717) is 6.54 Å². The second-order valence-corrected chi connectivity index (χ2v) is 4.68. The Labute approximate surface area is 122 Å². The van der Waals surface area contributed by atoms with Gasteiger partial charge in [-0.3, -0.25) is 4.79 Å². The van der Waals surface area contributed by atoms with Crippen LogP contribution in [0, 0.1) is 5.82 Å². The first kappa shape index (κ1) is 15.1. The maximum Gasteiger partial charge on any atom is 0.246 e. The lowest BCUT2D eigenvalue weighted by Crippen LogP contribution is -2.19. The van der Waals surface area contributed by atoms with Crippen LogP contribution in [0.1, 0.15) is 18.5 Å². The number of para-hydroxylation sites is 1. The summed E-state index contributed by atoms with van der Waals surface area (Å²) < 4.78 is 14.8. The summed E-state index contributed by atoms with van der Waals surface area (Å²) in [4.78, 5) is 11.8. The van der Waals surface area contributed by atoms with Gasteiger partial charge in [0.05, 0.1) is 11.4 Å². The molecule has 0 fully saturated rings. The van der Waals surface area contributed by atoms with E-state index in [-0.39, 0.29) is 18.1 Å². The number of nitrogens with two attached hydrogens (primary N) is 1. The lowest BCUT2D eigenvalue weighted by molar-refractivity contribution is -0.116. The smallest absolute Gasteiger partial charge is 0.246 e. The third-order valence-corrected chi connectivity index (χ3v) is 2.93. The van der Waals surface area contributed by atoms with Gasteiger partial charge in [0.2, 0.25) is 5.91 Å². The van der Waals surface area contributed by atoms with Crippen molar-refractivity contribution in [3.8, 4) is 0 Å².